The van der Waals surface area contributed by atoms with Crippen LogP contribution in [-0.2, 0) is 16.0 Å². The maximum atomic E-state index is 10.9. The molecule has 3 nitrogen and oxygen atoms in total. The van der Waals surface area contributed by atoms with Gasteiger partial charge in [0.1, 0.15) is 0 Å². The number of halogens is 1. The van der Waals surface area contributed by atoms with Gasteiger partial charge in [0.25, 0.3) is 0 Å². The minimum Gasteiger partial charge on any atom is -0.469 e. The van der Waals surface area contributed by atoms with E-state index >= 15 is 0 Å². The lowest BCUT2D eigenvalue weighted by Gasteiger charge is -2.03. The summed E-state index contributed by atoms with van der Waals surface area (Å²) >= 11 is 5.73. The maximum absolute atomic E-state index is 10.9. The van der Waals surface area contributed by atoms with Gasteiger partial charge in [0.2, 0.25) is 0 Å². The van der Waals surface area contributed by atoms with Gasteiger partial charge in [0.05, 0.1) is 13.5 Å². The fourth-order valence-corrected chi connectivity index (χ4v) is 1.28. The molecule has 0 saturated carbocycles. The minimum atomic E-state index is -0.381. The molecule has 1 aromatic rings. The molecule has 1 aromatic carbocycles. The van der Waals surface area contributed by atoms with Gasteiger partial charge in [-0.2, -0.15) is 0 Å². The van der Waals surface area contributed by atoms with Crippen LogP contribution < -0.4 is 0 Å². The number of hydrogen-bond acceptors (Lipinski definition) is 3. The van der Waals surface area contributed by atoms with E-state index in [4.69, 9.17) is 17.0 Å². The van der Waals surface area contributed by atoms with Crippen LogP contribution in [0.1, 0.15) is 12.0 Å². The highest BCUT2D eigenvalue weighted by molar-refractivity contribution is 6.30. The number of carbonyl (C=O) groups is 1. The second kappa shape index (κ2) is 5.51. The van der Waals surface area contributed by atoms with Gasteiger partial charge in [-0.25, -0.2) is 0 Å². The zero-order valence-electron chi connectivity index (χ0n) is 8.42. The van der Waals surface area contributed by atoms with Crippen molar-refractivity contribution < 1.29 is 9.53 Å². The molecule has 0 unspecified atom stereocenters. The fourth-order valence-electron chi connectivity index (χ4n) is 1.16. The van der Waals surface area contributed by atoms with Crippen molar-refractivity contribution in [3.05, 3.63) is 34.9 Å². The predicted molar refractivity (Wildman–Crippen MR) is 59.5 cm³/mol. The average molecular weight is 226 g/mol. The smallest absolute Gasteiger partial charge is 0.311 e. The second-order valence-corrected chi connectivity index (χ2v) is 3.60. The van der Waals surface area contributed by atoms with E-state index in [9.17, 15) is 4.79 Å². The van der Waals surface area contributed by atoms with Crippen LogP contribution in [0.5, 0.6) is 0 Å². The Morgan fingerprint density at radius 1 is 1.40 bits per heavy atom. The molecule has 15 heavy (non-hydrogen) atoms. The topological polar surface area (TPSA) is 50.2 Å². The molecule has 0 amide bonds. The molecule has 4 heteroatoms. The number of benzene rings is 1. The van der Waals surface area contributed by atoms with E-state index in [0.717, 1.165) is 5.56 Å². The Morgan fingerprint density at radius 3 is 2.53 bits per heavy atom. The van der Waals surface area contributed by atoms with Gasteiger partial charge >= 0.3 is 5.97 Å². The van der Waals surface area contributed by atoms with Gasteiger partial charge in [-0.05, 0) is 17.7 Å². The molecule has 0 bridgehead atoms. The van der Waals surface area contributed by atoms with Crippen molar-refractivity contribution in [1.29, 1.82) is 5.41 Å². The van der Waals surface area contributed by atoms with Crippen LogP contribution in [0, 0.1) is 5.41 Å². The molecular formula is C11H12ClNO2. The highest BCUT2D eigenvalue weighted by Gasteiger charge is 2.06. The number of nitrogens with one attached hydrogen (secondary N) is 1. The molecule has 0 aliphatic heterocycles. The van der Waals surface area contributed by atoms with Crippen molar-refractivity contribution in [1.82, 2.24) is 0 Å². The van der Waals surface area contributed by atoms with Crippen LogP contribution in [0.3, 0.4) is 0 Å². The zero-order valence-corrected chi connectivity index (χ0v) is 9.17. The summed E-state index contributed by atoms with van der Waals surface area (Å²) in [7, 11) is 1.32. The van der Waals surface area contributed by atoms with Crippen molar-refractivity contribution in [3.8, 4) is 0 Å². The van der Waals surface area contributed by atoms with E-state index in [1.165, 1.54) is 7.11 Å². The lowest BCUT2D eigenvalue weighted by Crippen LogP contribution is -2.10. The summed E-state index contributed by atoms with van der Waals surface area (Å²) in [5.74, 6) is -0.381. The lowest BCUT2D eigenvalue weighted by atomic mass is 10.1. The molecule has 0 spiro atoms. The third-order valence-electron chi connectivity index (χ3n) is 1.92. The molecule has 1 N–H and O–H groups in total. The van der Waals surface area contributed by atoms with E-state index < -0.39 is 0 Å². The molecule has 0 saturated heterocycles. The van der Waals surface area contributed by atoms with Gasteiger partial charge < -0.3 is 10.1 Å². The Balaban J connectivity index is 2.51. The summed E-state index contributed by atoms with van der Waals surface area (Å²) < 4.78 is 4.48. The van der Waals surface area contributed by atoms with Gasteiger partial charge in [-0.3, -0.25) is 4.79 Å². The van der Waals surface area contributed by atoms with Gasteiger partial charge in [-0.1, -0.05) is 23.7 Å². The summed E-state index contributed by atoms with van der Waals surface area (Å²) in [6.45, 7) is 0. The quantitative estimate of drug-likeness (QED) is 0.632. The van der Waals surface area contributed by atoms with Crippen LogP contribution in [-0.4, -0.2) is 18.8 Å². The van der Waals surface area contributed by atoms with Crippen molar-refractivity contribution in [2.24, 2.45) is 0 Å². The summed E-state index contributed by atoms with van der Waals surface area (Å²) in [5, 5.41) is 8.24. The first kappa shape index (κ1) is 11.7. The first-order valence-electron chi connectivity index (χ1n) is 4.49. The highest BCUT2D eigenvalue weighted by Crippen LogP contribution is 2.10. The van der Waals surface area contributed by atoms with Gasteiger partial charge in [0.15, 0.2) is 0 Å². The molecule has 1 rings (SSSR count). The van der Waals surface area contributed by atoms with Crippen LogP contribution in [0.4, 0.5) is 0 Å². The Morgan fingerprint density at radius 2 is 2.00 bits per heavy atom. The van der Waals surface area contributed by atoms with E-state index in [-0.39, 0.29) is 12.4 Å². The molecule has 0 aromatic heterocycles. The number of esters is 1. The third-order valence-corrected chi connectivity index (χ3v) is 2.17. The Bertz CT molecular complexity index is 359. The number of carbonyl (C=O) groups excluding carboxylic acids is 1. The molecule has 0 fully saturated rings. The van der Waals surface area contributed by atoms with Crippen molar-refractivity contribution in [3.63, 3.8) is 0 Å². The summed E-state index contributed by atoms with van der Waals surface area (Å²) in [6, 6.07) is 7.22. The maximum Gasteiger partial charge on any atom is 0.311 e. The van der Waals surface area contributed by atoms with Gasteiger partial charge in [0, 0.05) is 17.2 Å². The molecule has 0 heterocycles. The SMILES string of the molecule is COC(=O)CC(=N)Cc1ccc(Cl)cc1. The van der Waals surface area contributed by atoms with Crippen LogP contribution in [0.25, 0.3) is 0 Å². The molecule has 0 atom stereocenters. The van der Waals surface area contributed by atoms with E-state index in [1.807, 2.05) is 12.1 Å². The number of rotatable bonds is 4. The number of hydrogen-bond donors (Lipinski definition) is 1. The lowest BCUT2D eigenvalue weighted by molar-refractivity contribution is -0.139. The molecule has 80 valence electrons. The first-order valence-corrected chi connectivity index (χ1v) is 4.87. The monoisotopic (exact) mass is 225 g/mol. The summed E-state index contributed by atoms with van der Waals surface area (Å²) in [4.78, 5) is 10.9. The molecular weight excluding hydrogens is 214 g/mol. The normalized spacial score (nSPS) is 9.73. The zero-order chi connectivity index (χ0) is 11.3. The van der Waals surface area contributed by atoms with E-state index in [1.54, 1.807) is 12.1 Å². The largest absolute Gasteiger partial charge is 0.469 e. The van der Waals surface area contributed by atoms with Crippen molar-refractivity contribution in [2.45, 2.75) is 12.8 Å². The van der Waals surface area contributed by atoms with Gasteiger partial charge in [-0.15, -0.1) is 0 Å². The molecule has 0 aliphatic rings. The van der Waals surface area contributed by atoms with E-state index in [0.29, 0.717) is 17.2 Å². The molecule has 0 radical (unpaired) electrons. The Labute approximate surface area is 93.5 Å². The number of methoxy groups -OCH3 is 1. The fraction of sp³-hybridized carbons (Fsp3) is 0.273. The summed E-state index contributed by atoms with van der Waals surface area (Å²) in [6.07, 6.45) is 0.491. The number of ether oxygens (including phenoxy) is 1. The van der Waals surface area contributed by atoms with Crippen molar-refractivity contribution in [2.75, 3.05) is 7.11 Å². The Kier molecular flexibility index (Phi) is 4.31. The van der Waals surface area contributed by atoms with Crippen LogP contribution >= 0.6 is 11.6 Å². The first-order chi connectivity index (χ1) is 7.11. The standard InChI is InChI=1S/C11H12ClNO2/c1-15-11(14)7-10(13)6-8-2-4-9(12)5-3-8/h2-5,13H,6-7H2,1H3. The van der Waals surface area contributed by atoms with E-state index in [2.05, 4.69) is 4.74 Å². The molecule has 0 aliphatic carbocycles. The third kappa shape index (κ3) is 4.13. The van der Waals surface area contributed by atoms with Crippen LogP contribution in [0.2, 0.25) is 5.02 Å². The predicted octanol–water partition coefficient (Wildman–Crippen LogP) is 2.47. The minimum absolute atomic E-state index is 0.0408. The highest BCUT2D eigenvalue weighted by atomic mass is 35.5. The van der Waals surface area contributed by atoms with Crippen LogP contribution in [0.15, 0.2) is 24.3 Å². The Hall–Kier alpha value is -1.35. The second-order valence-electron chi connectivity index (χ2n) is 3.16. The summed E-state index contributed by atoms with van der Waals surface area (Å²) in [5.41, 5.74) is 1.30. The van der Waals surface area contributed by atoms with Crippen molar-refractivity contribution >= 4 is 23.3 Å². The average Bonchev–Trinajstić information content (AvgIpc) is 2.21.